The number of halogens is 1. The maximum Gasteiger partial charge on any atom is 0.264 e. The number of amides is 1. The summed E-state index contributed by atoms with van der Waals surface area (Å²) >= 11 is 6.46. The Balaban J connectivity index is 1.32. The quantitative estimate of drug-likeness (QED) is 0.399. The third-order valence-electron chi connectivity index (χ3n) is 12.0. The molecule has 8 nitrogen and oxygen atoms in total. The molecular weight excluding hydrogens is 634 g/mol. The number of fused-ring (bicyclic) bond motifs is 4. The van der Waals surface area contributed by atoms with Crippen LogP contribution in [-0.4, -0.2) is 76.5 Å². The van der Waals surface area contributed by atoms with Crippen molar-refractivity contribution >= 4 is 33.2 Å². The molecule has 47 heavy (non-hydrogen) atoms. The Bertz CT molecular complexity index is 1660. The largest absolute Gasteiger partial charge is 0.490 e. The van der Waals surface area contributed by atoms with Gasteiger partial charge in [-0.3, -0.25) is 4.79 Å². The Labute approximate surface area is 284 Å². The van der Waals surface area contributed by atoms with Gasteiger partial charge >= 0.3 is 0 Å². The molecule has 6 atom stereocenters. The molecule has 7 rings (SSSR count). The monoisotopic (exact) mass is 681 g/mol. The minimum atomic E-state index is -3.92. The van der Waals surface area contributed by atoms with Gasteiger partial charge in [-0.05, 0) is 124 Å². The molecule has 0 radical (unpaired) electrons. The van der Waals surface area contributed by atoms with Crippen LogP contribution in [0, 0.1) is 17.8 Å². The first-order chi connectivity index (χ1) is 22.5. The molecule has 2 aliphatic carbocycles. The minimum absolute atomic E-state index is 0.194. The van der Waals surface area contributed by atoms with Crippen molar-refractivity contribution in [3.8, 4) is 5.75 Å². The van der Waals surface area contributed by atoms with Gasteiger partial charge in [0.1, 0.15) is 11.4 Å². The van der Waals surface area contributed by atoms with E-state index in [2.05, 4.69) is 38.8 Å². The number of carbonyl (C=O) groups excluding carboxylic acids is 1. The number of nitrogens with one attached hydrogen (secondary N) is 1. The number of sulfonamides is 1. The van der Waals surface area contributed by atoms with Gasteiger partial charge in [0.15, 0.2) is 0 Å². The van der Waals surface area contributed by atoms with Gasteiger partial charge in [-0.25, -0.2) is 13.1 Å². The van der Waals surface area contributed by atoms with E-state index in [9.17, 15) is 13.2 Å². The van der Waals surface area contributed by atoms with Crippen LogP contribution in [0.15, 0.2) is 48.6 Å². The molecule has 2 aromatic carbocycles. The Morgan fingerprint density at radius 1 is 1.11 bits per heavy atom. The van der Waals surface area contributed by atoms with Crippen LogP contribution >= 0.6 is 11.6 Å². The highest BCUT2D eigenvalue weighted by molar-refractivity contribution is 7.90. The molecule has 1 amide bonds. The molecule has 1 spiro atoms. The summed E-state index contributed by atoms with van der Waals surface area (Å²) < 4.78 is 42.5. The van der Waals surface area contributed by atoms with Gasteiger partial charge in [-0.2, -0.15) is 0 Å². The van der Waals surface area contributed by atoms with Gasteiger partial charge in [0.05, 0.1) is 17.5 Å². The lowest BCUT2D eigenvalue weighted by Gasteiger charge is -2.52. The maximum absolute atomic E-state index is 13.5. The van der Waals surface area contributed by atoms with E-state index in [-0.39, 0.29) is 11.3 Å². The fourth-order valence-electron chi connectivity index (χ4n) is 8.70. The van der Waals surface area contributed by atoms with Crippen molar-refractivity contribution in [3.05, 3.63) is 70.3 Å². The summed E-state index contributed by atoms with van der Waals surface area (Å²) in [6.45, 7) is 8.65. The van der Waals surface area contributed by atoms with Gasteiger partial charge in [-0.15, -0.1) is 0 Å². The summed E-state index contributed by atoms with van der Waals surface area (Å²) in [6, 6.07) is 11.6. The van der Waals surface area contributed by atoms with Gasteiger partial charge in [0, 0.05) is 42.7 Å². The lowest BCUT2D eigenvalue weighted by atomic mass is 9.63. The highest BCUT2D eigenvalue weighted by atomic mass is 35.5. The number of ether oxygens (including phenoxy) is 2. The molecule has 3 heterocycles. The average Bonchev–Trinajstić information content (AvgIpc) is 3.16. The van der Waals surface area contributed by atoms with Crippen molar-refractivity contribution in [1.29, 1.82) is 0 Å². The molecule has 254 valence electrons. The molecule has 10 heteroatoms. The first kappa shape index (κ1) is 32.9. The Kier molecular flexibility index (Phi) is 8.90. The average molecular weight is 682 g/mol. The predicted molar refractivity (Wildman–Crippen MR) is 186 cm³/mol. The van der Waals surface area contributed by atoms with Crippen LogP contribution in [0.1, 0.15) is 73.9 Å². The lowest BCUT2D eigenvalue weighted by Crippen LogP contribution is -2.58. The van der Waals surface area contributed by atoms with Crippen LogP contribution in [0.2, 0.25) is 5.02 Å². The molecule has 2 bridgehead atoms. The summed E-state index contributed by atoms with van der Waals surface area (Å²) in [4.78, 5) is 18.4. The van der Waals surface area contributed by atoms with E-state index in [0.717, 1.165) is 81.3 Å². The molecule has 1 saturated carbocycles. The molecule has 2 fully saturated rings. The molecule has 0 aromatic heterocycles. The van der Waals surface area contributed by atoms with E-state index < -0.39 is 26.8 Å². The van der Waals surface area contributed by atoms with Gasteiger partial charge in [-0.1, -0.05) is 36.7 Å². The number of likely N-dealkylation sites (tertiary alicyclic amines) is 1. The Morgan fingerprint density at radius 3 is 2.66 bits per heavy atom. The van der Waals surface area contributed by atoms with E-state index in [1.807, 2.05) is 32.2 Å². The molecule has 1 saturated heterocycles. The van der Waals surface area contributed by atoms with Gasteiger partial charge in [0.25, 0.3) is 5.91 Å². The minimum Gasteiger partial charge on any atom is -0.490 e. The van der Waals surface area contributed by atoms with Gasteiger partial charge in [0.2, 0.25) is 10.0 Å². The molecule has 1 N–H and O–H groups in total. The fraction of sp³-hybridized carbons (Fsp3) is 0.595. The summed E-state index contributed by atoms with van der Waals surface area (Å²) in [5.41, 5.74) is 3.01. The van der Waals surface area contributed by atoms with Crippen LogP contribution in [-0.2, 0) is 26.6 Å². The first-order valence-corrected chi connectivity index (χ1v) is 19.3. The van der Waals surface area contributed by atoms with Crippen LogP contribution < -0.4 is 14.4 Å². The zero-order valence-corrected chi connectivity index (χ0v) is 29.4. The van der Waals surface area contributed by atoms with Crippen molar-refractivity contribution in [2.75, 3.05) is 51.3 Å². The number of rotatable bonds is 3. The molecule has 0 unspecified atom stereocenters. The molecule has 5 aliphatic rings. The molecular formula is C37H48ClN3O5S. The van der Waals surface area contributed by atoms with Crippen molar-refractivity contribution in [1.82, 2.24) is 9.62 Å². The predicted octanol–water partition coefficient (Wildman–Crippen LogP) is 5.97. The second kappa shape index (κ2) is 12.7. The van der Waals surface area contributed by atoms with Crippen LogP contribution in [0.5, 0.6) is 5.75 Å². The number of benzene rings is 2. The van der Waals surface area contributed by atoms with Crippen molar-refractivity contribution in [3.63, 3.8) is 0 Å². The van der Waals surface area contributed by atoms with E-state index >= 15 is 0 Å². The summed E-state index contributed by atoms with van der Waals surface area (Å²) in [7, 11) is -2.08. The molecule has 2 aromatic rings. The second-order valence-electron chi connectivity index (χ2n) is 14.8. The number of carbonyl (C=O) groups is 1. The topological polar surface area (TPSA) is 88.2 Å². The Morgan fingerprint density at radius 2 is 1.94 bits per heavy atom. The van der Waals surface area contributed by atoms with E-state index in [4.69, 9.17) is 21.1 Å². The first-order valence-electron chi connectivity index (χ1n) is 17.3. The lowest BCUT2D eigenvalue weighted by molar-refractivity contribution is -0.0985. The van der Waals surface area contributed by atoms with Crippen LogP contribution in [0.4, 0.5) is 5.69 Å². The fourth-order valence-corrected chi connectivity index (χ4v) is 10.2. The van der Waals surface area contributed by atoms with Gasteiger partial charge < -0.3 is 19.3 Å². The number of aryl methyl sites for hydroxylation is 1. The summed E-state index contributed by atoms with van der Waals surface area (Å²) in [5.74, 6) is 0.599. The number of methoxy groups -OCH3 is 1. The smallest absolute Gasteiger partial charge is 0.264 e. The van der Waals surface area contributed by atoms with E-state index in [1.54, 1.807) is 13.0 Å². The second-order valence-corrected chi connectivity index (χ2v) is 17.3. The zero-order chi connectivity index (χ0) is 33.0. The standard InChI is InChI=1S/C37H48ClN3O5S/c1-25-7-4-16-37(45-3,23-40-17-6-18-40)32-12-9-29(32)21-41-22-36(15-5-8-27-19-30(38)11-13-31(27)36)24-46-34-14-10-28(20-33(34)41)35(42)39-47(43,44)26(25)2/h4,10-11,13-14,16,19-20,25-26,29,32H,5-9,12,15,17-18,21-24H2,1-3H3,(H,39,42)/b16-4+/t25-,26+,29-,32+,36-,37-/m0/s1. The maximum atomic E-state index is 13.5. The zero-order valence-electron chi connectivity index (χ0n) is 27.8. The number of anilines is 1. The van der Waals surface area contributed by atoms with Crippen LogP contribution in [0.3, 0.4) is 0 Å². The SMILES string of the molecule is CO[C@]1(CN2CCC2)/C=C/C[C@H](C)[C@@H](C)S(=O)(=O)NC(=O)c2ccc3c(c2)N(C[C@@H]2CC[C@H]21)C[C@@]1(CCCc2cc(Cl)ccc21)CO3. The van der Waals surface area contributed by atoms with Crippen molar-refractivity contribution < 1.29 is 22.7 Å². The summed E-state index contributed by atoms with van der Waals surface area (Å²) in [6.07, 6.45) is 11.3. The van der Waals surface area contributed by atoms with E-state index in [1.165, 1.54) is 17.5 Å². The summed E-state index contributed by atoms with van der Waals surface area (Å²) in [5, 5.41) is -0.00499. The highest BCUT2D eigenvalue weighted by Gasteiger charge is 2.50. The highest BCUT2D eigenvalue weighted by Crippen LogP contribution is 2.49. The number of hydrogen-bond donors (Lipinski definition) is 1. The number of allylic oxidation sites excluding steroid dienone is 1. The number of nitrogens with zero attached hydrogens (tertiary/aromatic N) is 2. The molecule has 3 aliphatic heterocycles. The normalized spacial score (nSPS) is 34.5. The van der Waals surface area contributed by atoms with Crippen molar-refractivity contribution in [2.24, 2.45) is 17.8 Å². The van der Waals surface area contributed by atoms with Crippen LogP contribution in [0.25, 0.3) is 0 Å². The van der Waals surface area contributed by atoms with Crippen molar-refractivity contribution in [2.45, 2.75) is 75.1 Å². The Hall–Kier alpha value is -2.59. The number of hydrogen-bond acceptors (Lipinski definition) is 7. The van der Waals surface area contributed by atoms with E-state index in [0.29, 0.717) is 30.4 Å². The third-order valence-corrected chi connectivity index (χ3v) is 14.2. The third kappa shape index (κ3) is 6.11.